The monoisotopic (exact) mass is 248 g/mol. The molecule has 18 heavy (non-hydrogen) atoms. The highest BCUT2D eigenvalue weighted by Gasteiger charge is 2.27. The quantitative estimate of drug-likeness (QED) is 0.822. The SMILES string of the molecule is COC(=O)CC1CC(N)CN(c2ccccc2)C1. The molecule has 1 aliphatic rings. The number of rotatable bonds is 3. The molecule has 2 rings (SSSR count). The van der Waals surface area contributed by atoms with Gasteiger partial charge in [-0.05, 0) is 24.5 Å². The predicted molar refractivity (Wildman–Crippen MR) is 71.4 cm³/mol. The van der Waals surface area contributed by atoms with E-state index in [0.29, 0.717) is 6.42 Å². The Bertz CT molecular complexity index is 394. The average molecular weight is 248 g/mol. The number of anilines is 1. The second-order valence-corrected chi connectivity index (χ2v) is 4.88. The molecule has 98 valence electrons. The average Bonchev–Trinajstić information content (AvgIpc) is 2.39. The molecule has 2 atom stereocenters. The minimum absolute atomic E-state index is 0.119. The summed E-state index contributed by atoms with van der Waals surface area (Å²) in [5.74, 6) is 0.128. The van der Waals surface area contributed by atoms with E-state index in [4.69, 9.17) is 10.5 Å². The third-order valence-corrected chi connectivity index (χ3v) is 3.37. The fraction of sp³-hybridized carbons (Fsp3) is 0.500. The number of esters is 1. The lowest BCUT2D eigenvalue weighted by molar-refractivity contribution is -0.141. The molecule has 0 amide bonds. The molecule has 0 radical (unpaired) electrons. The number of benzene rings is 1. The molecule has 0 spiro atoms. The minimum atomic E-state index is -0.151. The van der Waals surface area contributed by atoms with Crippen molar-refractivity contribution in [2.24, 2.45) is 11.7 Å². The Morgan fingerprint density at radius 3 is 2.78 bits per heavy atom. The number of nitrogens with zero attached hydrogens (tertiary/aromatic N) is 1. The zero-order chi connectivity index (χ0) is 13.0. The Kier molecular flexibility index (Phi) is 4.20. The first-order valence-corrected chi connectivity index (χ1v) is 6.31. The molecule has 2 unspecified atom stereocenters. The van der Waals surface area contributed by atoms with E-state index in [9.17, 15) is 4.79 Å². The van der Waals surface area contributed by atoms with Crippen molar-refractivity contribution in [1.29, 1.82) is 0 Å². The second kappa shape index (κ2) is 5.87. The van der Waals surface area contributed by atoms with Crippen molar-refractivity contribution in [1.82, 2.24) is 0 Å². The highest BCUT2D eigenvalue weighted by Crippen LogP contribution is 2.24. The number of ether oxygens (including phenoxy) is 1. The highest BCUT2D eigenvalue weighted by atomic mass is 16.5. The van der Waals surface area contributed by atoms with Gasteiger partial charge in [-0.25, -0.2) is 0 Å². The lowest BCUT2D eigenvalue weighted by Crippen LogP contribution is -2.47. The van der Waals surface area contributed by atoms with Crippen LogP contribution < -0.4 is 10.6 Å². The number of nitrogens with two attached hydrogens (primary N) is 1. The van der Waals surface area contributed by atoms with Crippen LogP contribution in [0.4, 0.5) is 5.69 Å². The lowest BCUT2D eigenvalue weighted by atomic mass is 9.91. The molecule has 0 bridgehead atoms. The van der Waals surface area contributed by atoms with E-state index >= 15 is 0 Å². The van der Waals surface area contributed by atoms with Crippen molar-refractivity contribution >= 4 is 11.7 Å². The van der Waals surface area contributed by atoms with E-state index in [-0.39, 0.29) is 17.9 Å². The number of methoxy groups -OCH3 is 1. The van der Waals surface area contributed by atoms with Gasteiger partial charge in [0.25, 0.3) is 0 Å². The molecule has 1 aromatic rings. The fourth-order valence-electron chi connectivity index (χ4n) is 2.56. The number of para-hydroxylation sites is 1. The van der Waals surface area contributed by atoms with Crippen molar-refractivity contribution in [3.05, 3.63) is 30.3 Å². The van der Waals surface area contributed by atoms with Gasteiger partial charge in [-0.15, -0.1) is 0 Å². The summed E-state index contributed by atoms with van der Waals surface area (Å²) in [4.78, 5) is 13.6. The first kappa shape index (κ1) is 12.9. The van der Waals surface area contributed by atoms with Gasteiger partial charge in [0.2, 0.25) is 0 Å². The van der Waals surface area contributed by atoms with Gasteiger partial charge < -0.3 is 15.4 Å². The third-order valence-electron chi connectivity index (χ3n) is 3.37. The summed E-state index contributed by atoms with van der Waals surface area (Å²) < 4.78 is 4.73. The van der Waals surface area contributed by atoms with Crippen LogP contribution >= 0.6 is 0 Å². The summed E-state index contributed by atoms with van der Waals surface area (Å²) in [6.07, 6.45) is 1.34. The first-order valence-electron chi connectivity index (χ1n) is 6.31. The van der Waals surface area contributed by atoms with Gasteiger partial charge in [-0.1, -0.05) is 18.2 Å². The van der Waals surface area contributed by atoms with E-state index in [1.807, 2.05) is 18.2 Å². The molecule has 0 aliphatic carbocycles. The Labute approximate surface area is 108 Å². The molecule has 2 N–H and O–H groups in total. The van der Waals surface area contributed by atoms with E-state index in [2.05, 4.69) is 17.0 Å². The largest absolute Gasteiger partial charge is 0.469 e. The second-order valence-electron chi connectivity index (χ2n) is 4.88. The van der Waals surface area contributed by atoms with E-state index in [1.54, 1.807) is 0 Å². The van der Waals surface area contributed by atoms with Crippen LogP contribution in [0, 0.1) is 5.92 Å². The molecule has 4 heteroatoms. The zero-order valence-electron chi connectivity index (χ0n) is 10.7. The fourth-order valence-corrected chi connectivity index (χ4v) is 2.56. The third kappa shape index (κ3) is 3.23. The van der Waals surface area contributed by atoms with Crippen LogP contribution in [-0.2, 0) is 9.53 Å². The molecule has 1 saturated heterocycles. The lowest BCUT2D eigenvalue weighted by Gasteiger charge is -2.37. The van der Waals surface area contributed by atoms with Crippen LogP contribution in [0.2, 0.25) is 0 Å². The van der Waals surface area contributed by atoms with Gasteiger partial charge >= 0.3 is 5.97 Å². The zero-order valence-corrected chi connectivity index (χ0v) is 10.7. The molecule has 1 fully saturated rings. The molecular formula is C14H20N2O2. The van der Waals surface area contributed by atoms with Crippen LogP contribution in [0.5, 0.6) is 0 Å². The Balaban J connectivity index is 2.03. The van der Waals surface area contributed by atoms with Crippen LogP contribution in [-0.4, -0.2) is 32.2 Å². The van der Waals surface area contributed by atoms with E-state index in [0.717, 1.165) is 19.5 Å². The van der Waals surface area contributed by atoms with Crippen molar-refractivity contribution in [2.75, 3.05) is 25.1 Å². The minimum Gasteiger partial charge on any atom is -0.469 e. The van der Waals surface area contributed by atoms with Crippen molar-refractivity contribution < 1.29 is 9.53 Å². The normalized spacial score (nSPS) is 23.8. The smallest absolute Gasteiger partial charge is 0.305 e. The summed E-state index contributed by atoms with van der Waals surface area (Å²) in [6, 6.07) is 10.3. The highest BCUT2D eigenvalue weighted by molar-refractivity contribution is 5.69. The number of piperidine rings is 1. The predicted octanol–water partition coefficient (Wildman–Crippen LogP) is 1.40. The molecule has 1 heterocycles. The molecule has 1 aliphatic heterocycles. The van der Waals surface area contributed by atoms with Crippen LogP contribution in [0.3, 0.4) is 0 Å². The standard InChI is InChI=1S/C14H20N2O2/c1-18-14(17)8-11-7-12(15)10-16(9-11)13-5-3-2-4-6-13/h2-6,11-12H,7-10,15H2,1H3. The maximum Gasteiger partial charge on any atom is 0.305 e. The van der Waals surface area contributed by atoms with Crippen LogP contribution in [0.1, 0.15) is 12.8 Å². The van der Waals surface area contributed by atoms with Crippen molar-refractivity contribution in [3.63, 3.8) is 0 Å². The summed E-state index contributed by atoms with van der Waals surface area (Å²) >= 11 is 0. The summed E-state index contributed by atoms with van der Waals surface area (Å²) in [5.41, 5.74) is 7.25. The van der Waals surface area contributed by atoms with Gasteiger partial charge in [0, 0.05) is 24.8 Å². The first-order chi connectivity index (χ1) is 8.69. The Morgan fingerprint density at radius 2 is 2.11 bits per heavy atom. The molecular weight excluding hydrogens is 228 g/mol. The van der Waals surface area contributed by atoms with Crippen LogP contribution in [0.15, 0.2) is 30.3 Å². The summed E-state index contributed by atoms with van der Waals surface area (Å²) in [7, 11) is 1.43. The summed E-state index contributed by atoms with van der Waals surface area (Å²) in [5, 5.41) is 0. The molecule has 0 aromatic heterocycles. The maximum atomic E-state index is 11.3. The topological polar surface area (TPSA) is 55.6 Å². The van der Waals surface area contributed by atoms with Gasteiger partial charge in [-0.3, -0.25) is 4.79 Å². The van der Waals surface area contributed by atoms with Gasteiger partial charge in [0.15, 0.2) is 0 Å². The van der Waals surface area contributed by atoms with Gasteiger partial charge in [-0.2, -0.15) is 0 Å². The van der Waals surface area contributed by atoms with Gasteiger partial charge in [0.05, 0.1) is 13.5 Å². The van der Waals surface area contributed by atoms with E-state index in [1.165, 1.54) is 12.8 Å². The number of carbonyl (C=O) groups excluding carboxylic acids is 1. The maximum absolute atomic E-state index is 11.3. The van der Waals surface area contributed by atoms with E-state index < -0.39 is 0 Å². The summed E-state index contributed by atoms with van der Waals surface area (Å²) in [6.45, 7) is 1.72. The molecule has 0 saturated carbocycles. The number of hydrogen-bond acceptors (Lipinski definition) is 4. The molecule has 4 nitrogen and oxygen atoms in total. The Morgan fingerprint density at radius 1 is 1.39 bits per heavy atom. The van der Waals surface area contributed by atoms with Crippen molar-refractivity contribution in [3.8, 4) is 0 Å². The number of carbonyl (C=O) groups is 1. The Hall–Kier alpha value is -1.55. The number of hydrogen-bond donors (Lipinski definition) is 1. The van der Waals surface area contributed by atoms with Crippen molar-refractivity contribution in [2.45, 2.75) is 18.9 Å². The van der Waals surface area contributed by atoms with Crippen LogP contribution in [0.25, 0.3) is 0 Å². The molecule has 1 aromatic carbocycles. The van der Waals surface area contributed by atoms with Gasteiger partial charge in [0.1, 0.15) is 0 Å².